The molecule has 3 rings (SSSR count). The molecular formula is C19H19ClF3N5O4. The molecule has 0 radical (unpaired) electrons. The van der Waals surface area contributed by atoms with Crippen LogP contribution in [0.5, 0.6) is 6.01 Å². The van der Waals surface area contributed by atoms with Gasteiger partial charge >= 0.3 is 11.9 Å². The summed E-state index contributed by atoms with van der Waals surface area (Å²) in [6.07, 6.45) is -5.47. The van der Waals surface area contributed by atoms with Crippen molar-refractivity contribution < 1.29 is 17.9 Å². The number of aromatic nitrogens is 4. The molecule has 0 spiro atoms. The van der Waals surface area contributed by atoms with Crippen molar-refractivity contribution in [2.75, 3.05) is 13.2 Å². The van der Waals surface area contributed by atoms with Crippen LogP contribution in [0.15, 0.2) is 39.0 Å². The predicted octanol–water partition coefficient (Wildman–Crippen LogP) is 3.09. The van der Waals surface area contributed by atoms with Crippen LogP contribution in [0.25, 0.3) is 11.2 Å². The Hall–Kier alpha value is -3.15. The van der Waals surface area contributed by atoms with E-state index >= 15 is 0 Å². The second-order valence-electron chi connectivity index (χ2n) is 7.00. The maximum absolute atomic E-state index is 13.1. The van der Waals surface area contributed by atoms with Gasteiger partial charge in [0.05, 0.1) is 19.5 Å². The summed E-state index contributed by atoms with van der Waals surface area (Å²) in [7, 11) is 1.39. The van der Waals surface area contributed by atoms with E-state index in [1.165, 1.54) is 11.6 Å². The molecule has 9 nitrogen and oxygen atoms in total. The number of aryl methyl sites for hydroxylation is 1. The molecule has 172 valence electrons. The molecule has 1 aromatic carbocycles. The van der Waals surface area contributed by atoms with E-state index in [0.29, 0.717) is 10.6 Å². The van der Waals surface area contributed by atoms with Gasteiger partial charge in [0, 0.05) is 18.6 Å². The second-order valence-corrected chi connectivity index (χ2v) is 7.43. The average molecular weight is 474 g/mol. The molecule has 0 N–H and O–H groups in total. The van der Waals surface area contributed by atoms with E-state index in [1.807, 2.05) is 0 Å². The fourth-order valence-corrected chi connectivity index (χ4v) is 3.26. The highest BCUT2D eigenvalue weighted by Crippen LogP contribution is 2.23. The largest absolute Gasteiger partial charge is 0.464 e. The number of hydrogen-bond acceptors (Lipinski definition) is 6. The summed E-state index contributed by atoms with van der Waals surface area (Å²) in [4.78, 5) is 40.2. The number of rotatable bonds is 9. The van der Waals surface area contributed by atoms with Crippen LogP contribution in [-0.4, -0.2) is 38.0 Å². The first-order valence-electron chi connectivity index (χ1n) is 9.55. The van der Waals surface area contributed by atoms with Crippen molar-refractivity contribution in [1.29, 1.82) is 0 Å². The van der Waals surface area contributed by atoms with Crippen LogP contribution in [0.1, 0.15) is 18.4 Å². The van der Waals surface area contributed by atoms with Gasteiger partial charge in [-0.1, -0.05) is 28.9 Å². The van der Waals surface area contributed by atoms with E-state index in [0.717, 1.165) is 9.13 Å². The minimum atomic E-state index is -4.43. The quantitative estimate of drug-likeness (QED) is 0.351. The maximum Gasteiger partial charge on any atom is 0.392 e. The highest BCUT2D eigenvalue weighted by Gasteiger charge is 2.28. The van der Waals surface area contributed by atoms with E-state index in [9.17, 15) is 27.7 Å². The summed E-state index contributed by atoms with van der Waals surface area (Å²) < 4.78 is 46.4. The average Bonchev–Trinajstić information content (AvgIpc) is 3.08. The monoisotopic (exact) mass is 473 g/mol. The molecule has 0 fully saturated rings. The van der Waals surface area contributed by atoms with Crippen molar-refractivity contribution in [3.05, 3.63) is 60.6 Å². The molecule has 0 bridgehead atoms. The standard InChI is InChI=1S/C19H19ClF3N5O4/c1-26-15-14(16(29)27(18(26)30)9-2-8-24-31)28(11-12-3-5-13(20)6-4-12)17(25-15)32-10-7-19(21,22)23/h3-6H,2,7-11H2,1H3. The van der Waals surface area contributed by atoms with Gasteiger partial charge in [0.25, 0.3) is 11.6 Å². The van der Waals surface area contributed by atoms with Gasteiger partial charge < -0.3 is 4.74 Å². The first kappa shape index (κ1) is 23.5. The van der Waals surface area contributed by atoms with Crippen molar-refractivity contribution in [1.82, 2.24) is 18.7 Å². The number of imidazole rings is 1. The molecule has 0 unspecified atom stereocenters. The van der Waals surface area contributed by atoms with E-state index < -0.39 is 30.5 Å². The summed E-state index contributed by atoms with van der Waals surface area (Å²) in [5.41, 5.74) is -0.726. The maximum atomic E-state index is 13.1. The van der Waals surface area contributed by atoms with Crippen LogP contribution >= 0.6 is 11.6 Å². The number of hydrogen-bond donors (Lipinski definition) is 0. The highest BCUT2D eigenvalue weighted by atomic mass is 35.5. The zero-order valence-corrected chi connectivity index (χ0v) is 17.7. The van der Waals surface area contributed by atoms with Gasteiger partial charge in [-0.05, 0) is 24.1 Å². The second kappa shape index (κ2) is 9.55. The Kier molecular flexibility index (Phi) is 7.02. The van der Waals surface area contributed by atoms with E-state index in [4.69, 9.17) is 16.3 Å². The van der Waals surface area contributed by atoms with Gasteiger partial charge in [0.1, 0.15) is 6.61 Å². The van der Waals surface area contributed by atoms with Crippen molar-refractivity contribution >= 4 is 22.8 Å². The first-order chi connectivity index (χ1) is 15.1. The lowest BCUT2D eigenvalue weighted by molar-refractivity contribution is -0.139. The fraction of sp³-hybridized carbons (Fsp3) is 0.421. The third-order valence-corrected chi connectivity index (χ3v) is 4.95. The number of ether oxygens (including phenoxy) is 1. The van der Waals surface area contributed by atoms with E-state index in [1.54, 1.807) is 24.3 Å². The lowest BCUT2D eigenvalue weighted by atomic mass is 10.2. The molecule has 3 aromatic rings. The minimum absolute atomic E-state index is 0.0110. The number of nitrogens with zero attached hydrogens (tertiary/aromatic N) is 5. The highest BCUT2D eigenvalue weighted by molar-refractivity contribution is 6.30. The molecule has 0 aliphatic rings. The SMILES string of the molecule is Cn1c(=O)n(CCCN=O)c(=O)c2c1nc(OCCC(F)(F)F)n2Cc1ccc(Cl)cc1. The molecule has 0 atom stereocenters. The smallest absolute Gasteiger partial charge is 0.392 e. The van der Waals surface area contributed by atoms with Crippen LogP contribution in [-0.2, 0) is 20.1 Å². The van der Waals surface area contributed by atoms with Crippen molar-refractivity contribution in [3.8, 4) is 6.01 Å². The molecule has 0 amide bonds. The Labute approximate surface area is 184 Å². The summed E-state index contributed by atoms with van der Waals surface area (Å²) >= 11 is 5.90. The zero-order chi connectivity index (χ0) is 23.5. The van der Waals surface area contributed by atoms with Gasteiger partial charge in [0.15, 0.2) is 11.2 Å². The minimum Gasteiger partial charge on any atom is -0.464 e. The number of alkyl halides is 3. The lowest BCUT2D eigenvalue weighted by Crippen LogP contribution is -2.39. The molecule has 0 aliphatic carbocycles. The summed E-state index contributed by atoms with van der Waals surface area (Å²) in [5, 5.41) is 3.20. The van der Waals surface area contributed by atoms with Crippen LogP contribution in [0, 0.1) is 4.91 Å². The van der Waals surface area contributed by atoms with Crippen molar-refractivity contribution in [3.63, 3.8) is 0 Å². The Morgan fingerprint density at radius 3 is 2.47 bits per heavy atom. The Morgan fingerprint density at radius 1 is 1.16 bits per heavy atom. The number of halogens is 4. The van der Waals surface area contributed by atoms with Gasteiger partial charge in [-0.3, -0.25) is 18.5 Å². The third-order valence-electron chi connectivity index (χ3n) is 4.70. The predicted molar refractivity (Wildman–Crippen MR) is 111 cm³/mol. The van der Waals surface area contributed by atoms with Gasteiger partial charge in [-0.15, -0.1) is 0 Å². The summed E-state index contributed by atoms with van der Waals surface area (Å²) in [6, 6.07) is 6.40. The molecule has 13 heteroatoms. The molecule has 2 aromatic heterocycles. The van der Waals surface area contributed by atoms with Gasteiger partial charge in [-0.25, -0.2) is 4.79 Å². The lowest BCUT2D eigenvalue weighted by Gasteiger charge is -2.12. The Balaban J connectivity index is 2.13. The number of fused-ring (bicyclic) bond motifs is 1. The first-order valence-corrected chi connectivity index (χ1v) is 9.93. The van der Waals surface area contributed by atoms with Crippen LogP contribution in [0.2, 0.25) is 5.02 Å². The molecule has 32 heavy (non-hydrogen) atoms. The molecular weight excluding hydrogens is 455 g/mol. The molecule has 0 saturated heterocycles. The van der Waals surface area contributed by atoms with Crippen LogP contribution in [0.4, 0.5) is 13.2 Å². The number of benzene rings is 1. The van der Waals surface area contributed by atoms with E-state index in [-0.39, 0.29) is 43.2 Å². The fourth-order valence-electron chi connectivity index (χ4n) is 3.13. The topological polar surface area (TPSA) is 100 Å². The summed E-state index contributed by atoms with van der Waals surface area (Å²) in [5.74, 6) is 0. The summed E-state index contributed by atoms with van der Waals surface area (Å²) in [6.45, 7) is -0.800. The normalized spacial score (nSPS) is 11.8. The zero-order valence-electron chi connectivity index (χ0n) is 16.9. The van der Waals surface area contributed by atoms with Gasteiger partial charge in [0.2, 0.25) is 0 Å². The number of nitroso groups, excluding NO2 is 1. The Morgan fingerprint density at radius 2 is 1.84 bits per heavy atom. The van der Waals surface area contributed by atoms with E-state index in [2.05, 4.69) is 10.2 Å². The molecule has 2 heterocycles. The third kappa shape index (κ3) is 5.18. The van der Waals surface area contributed by atoms with Crippen LogP contribution in [0.3, 0.4) is 0 Å². The molecule has 0 aliphatic heterocycles. The van der Waals surface area contributed by atoms with Crippen molar-refractivity contribution in [2.45, 2.75) is 32.1 Å². The van der Waals surface area contributed by atoms with Crippen molar-refractivity contribution in [2.24, 2.45) is 12.2 Å². The van der Waals surface area contributed by atoms with Gasteiger partial charge in [-0.2, -0.15) is 23.1 Å². The van der Waals surface area contributed by atoms with Crippen LogP contribution < -0.4 is 16.0 Å². The Bertz CT molecular complexity index is 1230. The molecule has 0 saturated carbocycles.